The fourth-order valence-electron chi connectivity index (χ4n) is 1.74. The van der Waals surface area contributed by atoms with Crippen LogP contribution in [0.4, 0.5) is 0 Å². The molecule has 5 heteroatoms. The van der Waals surface area contributed by atoms with Crippen molar-refractivity contribution < 1.29 is 4.79 Å². The van der Waals surface area contributed by atoms with Gasteiger partial charge in [0.05, 0.1) is 0 Å². The van der Waals surface area contributed by atoms with Crippen LogP contribution < -0.4 is 16.0 Å². The van der Waals surface area contributed by atoms with Crippen LogP contribution in [0.5, 0.6) is 0 Å². The Kier molecular flexibility index (Phi) is 6.56. The summed E-state index contributed by atoms with van der Waals surface area (Å²) >= 11 is 0. The number of guanidine groups is 1. The maximum absolute atomic E-state index is 11.8. The van der Waals surface area contributed by atoms with Gasteiger partial charge in [0.2, 0.25) is 0 Å². The van der Waals surface area contributed by atoms with Crippen molar-refractivity contribution in [2.45, 2.75) is 33.4 Å². The number of nitrogens with zero attached hydrogens (tertiary/aromatic N) is 1. The largest absolute Gasteiger partial charge is 0.354 e. The summed E-state index contributed by atoms with van der Waals surface area (Å²) in [4.78, 5) is 15.9. The van der Waals surface area contributed by atoms with Crippen LogP contribution in [0.3, 0.4) is 0 Å². The molecule has 0 bridgehead atoms. The van der Waals surface area contributed by atoms with Crippen molar-refractivity contribution >= 4 is 11.9 Å². The molecule has 0 aromatic heterocycles. The second kappa shape index (κ2) is 8.19. The van der Waals surface area contributed by atoms with Crippen LogP contribution in [0.1, 0.15) is 36.7 Å². The number of amides is 1. The molecule has 0 atom stereocenters. The minimum Gasteiger partial charge on any atom is -0.354 e. The first-order valence-electron chi connectivity index (χ1n) is 6.91. The number of hydrogen-bond acceptors (Lipinski definition) is 2. The number of rotatable bonds is 5. The van der Waals surface area contributed by atoms with Crippen molar-refractivity contribution in [2.75, 3.05) is 13.6 Å². The van der Waals surface area contributed by atoms with Crippen molar-refractivity contribution in [1.29, 1.82) is 0 Å². The van der Waals surface area contributed by atoms with Crippen LogP contribution in [-0.4, -0.2) is 31.5 Å². The molecule has 1 rings (SSSR count). The number of carbonyl (C=O) groups excluding carboxylic acids is 1. The average Bonchev–Trinajstić information content (AvgIpc) is 2.43. The molecule has 0 aliphatic heterocycles. The summed E-state index contributed by atoms with van der Waals surface area (Å²) in [5.41, 5.74) is 1.72. The van der Waals surface area contributed by atoms with Crippen molar-refractivity contribution in [3.63, 3.8) is 0 Å². The molecule has 0 heterocycles. The minimum atomic E-state index is -0.0426. The highest BCUT2D eigenvalue weighted by Gasteiger charge is 2.05. The van der Waals surface area contributed by atoms with Gasteiger partial charge in [-0.15, -0.1) is 0 Å². The van der Waals surface area contributed by atoms with Crippen LogP contribution in [0.2, 0.25) is 0 Å². The molecule has 0 saturated heterocycles. The Bertz CT molecular complexity index is 469. The molecule has 5 nitrogen and oxygen atoms in total. The lowest BCUT2D eigenvalue weighted by atomic mass is 10.1. The van der Waals surface area contributed by atoms with Crippen LogP contribution in [0, 0.1) is 0 Å². The van der Waals surface area contributed by atoms with Gasteiger partial charge in [-0.3, -0.25) is 9.79 Å². The highest BCUT2D eigenvalue weighted by atomic mass is 16.1. The van der Waals surface area contributed by atoms with E-state index in [9.17, 15) is 4.79 Å². The maximum Gasteiger partial charge on any atom is 0.251 e. The lowest BCUT2D eigenvalue weighted by molar-refractivity contribution is 0.0955. The first-order chi connectivity index (χ1) is 9.56. The second-order valence-corrected chi connectivity index (χ2v) is 4.78. The van der Waals surface area contributed by atoms with Gasteiger partial charge in [-0.1, -0.05) is 12.1 Å². The number of aliphatic imine (C=N–C) groups is 1. The highest BCUT2D eigenvalue weighted by Crippen LogP contribution is 2.05. The third kappa shape index (κ3) is 5.30. The summed E-state index contributed by atoms with van der Waals surface area (Å²) in [6.45, 7) is 7.28. The number of benzene rings is 1. The SMILES string of the molecule is CCNC(=O)c1cccc(CNC(=NC)NC(C)C)c1. The van der Waals surface area contributed by atoms with E-state index in [-0.39, 0.29) is 5.91 Å². The zero-order chi connectivity index (χ0) is 15.0. The molecular formula is C15H24N4O. The van der Waals surface area contributed by atoms with Gasteiger partial charge in [0.15, 0.2) is 5.96 Å². The monoisotopic (exact) mass is 276 g/mol. The number of hydrogen-bond donors (Lipinski definition) is 3. The quantitative estimate of drug-likeness (QED) is 0.564. The summed E-state index contributed by atoms with van der Waals surface area (Å²) in [6.07, 6.45) is 0. The fraction of sp³-hybridized carbons (Fsp3) is 0.467. The standard InChI is InChI=1S/C15H24N4O/c1-5-17-14(20)13-8-6-7-12(9-13)10-18-15(16-4)19-11(2)3/h6-9,11H,5,10H2,1-4H3,(H,17,20)(H2,16,18,19). The molecule has 0 fully saturated rings. The Morgan fingerprint density at radius 3 is 2.65 bits per heavy atom. The van der Waals surface area contributed by atoms with Crippen molar-refractivity contribution in [3.8, 4) is 0 Å². The topological polar surface area (TPSA) is 65.5 Å². The predicted octanol–water partition coefficient (Wildman–Crippen LogP) is 1.51. The molecular weight excluding hydrogens is 252 g/mol. The normalized spacial score (nSPS) is 11.3. The molecule has 0 unspecified atom stereocenters. The Morgan fingerprint density at radius 1 is 1.30 bits per heavy atom. The van der Waals surface area contributed by atoms with Gasteiger partial charge < -0.3 is 16.0 Å². The second-order valence-electron chi connectivity index (χ2n) is 4.78. The van der Waals surface area contributed by atoms with Gasteiger partial charge in [0, 0.05) is 31.7 Å². The Labute approximate surface area is 120 Å². The summed E-state index contributed by atoms with van der Waals surface area (Å²) in [5, 5.41) is 9.24. The molecule has 0 aliphatic carbocycles. The van der Waals surface area contributed by atoms with Gasteiger partial charge in [-0.2, -0.15) is 0 Å². The summed E-state index contributed by atoms with van der Waals surface area (Å²) in [7, 11) is 1.74. The van der Waals surface area contributed by atoms with E-state index in [2.05, 4.69) is 34.8 Å². The van der Waals surface area contributed by atoms with Crippen molar-refractivity contribution in [1.82, 2.24) is 16.0 Å². The van der Waals surface area contributed by atoms with E-state index >= 15 is 0 Å². The molecule has 3 N–H and O–H groups in total. The van der Waals surface area contributed by atoms with Gasteiger partial charge in [-0.05, 0) is 38.5 Å². The molecule has 1 amide bonds. The molecule has 1 aromatic rings. The average molecular weight is 276 g/mol. The van der Waals surface area contributed by atoms with Crippen LogP contribution in [0.15, 0.2) is 29.3 Å². The van der Waals surface area contributed by atoms with E-state index in [1.165, 1.54) is 0 Å². The van der Waals surface area contributed by atoms with E-state index in [4.69, 9.17) is 0 Å². The molecule has 20 heavy (non-hydrogen) atoms. The smallest absolute Gasteiger partial charge is 0.251 e. The molecule has 0 aliphatic rings. The fourth-order valence-corrected chi connectivity index (χ4v) is 1.74. The Hall–Kier alpha value is -2.04. The highest BCUT2D eigenvalue weighted by molar-refractivity contribution is 5.94. The number of nitrogens with one attached hydrogen (secondary N) is 3. The van der Waals surface area contributed by atoms with Gasteiger partial charge in [-0.25, -0.2) is 0 Å². The van der Waals surface area contributed by atoms with E-state index in [0.717, 1.165) is 11.5 Å². The molecule has 0 radical (unpaired) electrons. The molecule has 0 saturated carbocycles. The lowest BCUT2D eigenvalue weighted by Crippen LogP contribution is -2.40. The van der Waals surface area contributed by atoms with Crippen LogP contribution in [0.25, 0.3) is 0 Å². The third-order valence-electron chi connectivity index (χ3n) is 2.64. The van der Waals surface area contributed by atoms with E-state index in [1.807, 2.05) is 31.2 Å². The maximum atomic E-state index is 11.8. The Morgan fingerprint density at radius 2 is 2.05 bits per heavy atom. The van der Waals surface area contributed by atoms with Gasteiger partial charge in [0.1, 0.15) is 0 Å². The minimum absolute atomic E-state index is 0.0426. The van der Waals surface area contributed by atoms with Crippen LogP contribution in [-0.2, 0) is 6.54 Å². The van der Waals surface area contributed by atoms with Gasteiger partial charge in [0.25, 0.3) is 5.91 Å². The van der Waals surface area contributed by atoms with E-state index in [1.54, 1.807) is 7.05 Å². The number of carbonyl (C=O) groups is 1. The zero-order valence-electron chi connectivity index (χ0n) is 12.7. The van der Waals surface area contributed by atoms with Crippen LogP contribution >= 0.6 is 0 Å². The van der Waals surface area contributed by atoms with Crippen molar-refractivity contribution in [3.05, 3.63) is 35.4 Å². The third-order valence-corrected chi connectivity index (χ3v) is 2.64. The molecule has 1 aromatic carbocycles. The van der Waals surface area contributed by atoms with E-state index < -0.39 is 0 Å². The predicted molar refractivity (Wildman–Crippen MR) is 82.9 cm³/mol. The van der Waals surface area contributed by atoms with Gasteiger partial charge >= 0.3 is 0 Å². The first kappa shape index (κ1) is 16.0. The summed E-state index contributed by atoms with van der Waals surface area (Å²) < 4.78 is 0. The summed E-state index contributed by atoms with van der Waals surface area (Å²) in [6, 6.07) is 7.90. The zero-order valence-corrected chi connectivity index (χ0v) is 12.7. The molecule has 0 spiro atoms. The lowest BCUT2D eigenvalue weighted by Gasteiger charge is -2.14. The Balaban J connectivity index is 2.64. The molecule has 110 valence electrons. The van der Waals surface area contributed by atoms with Crippen molar-refractivity contribution in [2.24, 2.45) is 4.99 Å². The van der Waals surface area contributed by atoms with E-state index in [0.29, 0.717) is 24.7 Å². The first-order valence-corrected chi connectivity index (χ1v) is 6.91. The summed E-state index contributed by atoms with van der Waals surface area (Å²) in [5.74, 6) is 0.711.